The molecule has 0 saturated heterocycles. The van der Waals surface area contributed by atoms with E-state index in [1.165, 1.54) is 12.1 Å². The molecular formula is C19H20F3NO3. The highest BCUT2D eigenvalue weighted by Crippen LogP contribution is 2.29. The van der Waals surface area contributed by atoms with Gasteiger partial charge < -0.3 is 14.8 Å². The zero-order valence-electron chi connectivity index (χ0n) is 14.3. The molecule has 0 aliphatic rings. The van der Waals surface area contributed by atoms with E-state index in [4.69, 9.17) is 9.47 Å². The van der Waals surface area contributed by atoms with Gasteiger partial charge in [-0.05, 0) is 48.4 Å². The Bertz CT molecular complexity index is 715. The van der Waals surface area contributed by atoms with Crippen LogP contribution >= 0.6 is 0 Å². The molecule has 0 heterocycles. The van der Waals surface area contributed by atoms with Crippen LogP contribution in [0.5, 0.6) is 11.5 Å². The van der Waals surface area contributed by atoms with Gasteiger partial charge in [-0.1, -0.05) is 19.1 Å². The van der Waals surface area contributed by atoms with Crippen LogP contribution in [0.4, 0.5) is 13.2 Å². The molecule has 26 heavy (non-hydrogen) atoms. The Balaban J connectivity index is 1.79. The number of hydrogen-bond donors (Lipinski definition) is 1. The van der Waals surface area contributed by atoms with Gasteiger partial charge in [-0.25, -0.2) is 0 Å². The third kappa shape index (κ3) is 6.31. The maximum atomic E-state index is 12.7. The number of halogens is 3. The SMILES string of the molecule is CCCOc1ccc(OCC(=O)NCc2cccc(C(F)(F)F)c2)cc1. The standard InChI is InChI=1S/C19H20F3NO3/c1-2-10-25-16-6-8-17(9-7-16)26-13-18(24)23-12-14-4-3-5-15(11-14)19(20,21)22/h3-9,11H,2,10,12-13H2,1H3,(H,23,24). The molecule has 0 aliphatic heterocycles. The van der Waals surface area contributed by atoms with Crippen molar-refractivity contribution in [1.82, 2.24) is 5.32 Å². The minimum absolute atomic E-state index is 0.00406. The minimum atomic E-state index is -4.41. The number of alkyl halides is 3. The second kappa shape index (κ2) is 9.12. The predicted molar refractivity (Wildman–Crippen MR) is 91.0 cm³/mol. The van der Waals surface area contributed by atoms with Gasteiger partial charge in [0.1, 0.15) is 11.5 Å². The Morgan fingerprint density at radius 2 is 1.69 bits per heavy atom. The fraction of sp³-hybridized carbons (Fsp3) is 0.316. The average molecular weight is 367 g/mol. The summed E-state index contributed by atoms with van der Waals surface area (Å²) in [6.45, 7) is 2.40. The van der Waals surface area contributed by atoms with E-state index in [1.807, 2.05) is 6.92 Å². The fourth-order valence-corrected chi connectivity index (χ4v) is 2.11. The summed E-state index contributed by atoms with van der Waals surface area (Å²) in [5.41, 5.74) is -0.378. The van der Waals surface area contributed by atoms with Crippen molar-refractivity contribution in [2.45, 2.75) is 26.1 Å². The van der Waals surface area contributed by atoms with Gasteiger partial charge in [0.05, 0.1) is 12.2 Å². The summed E-state index contributed by atoms with van der Waals surface area (Å²) in [7, 11) is 0. The summed E-state index contributed by atoms with van der Waals surface area (Å²) in [6.07, 6.45) is -3.50. The van der Waals surface area contributed by atoms with Crippen LogP contribution in [0.2, 0.25) is 0 Å². The molecule has 0 aromatic heterocycles. The molecule has 0 radical (unpaired) electrons. The largest absolute Gasteiger partial charge is 0.494 e. The normalized spacial score (nSPS) is 11.1. The number of hydrogen-bond acceptors (Lipinski definition) is 3. The molecule has 7 heteroatoms. The van der Waals surface area contributed by atoms with E-state index in [-0.39, 0.29) is 13.2 Å². The Labute approximate surface area is 149 Å². The molecule has 1 N–H and O–H groups in total. The van der Waals surface area contributed by atoms with E-state index in [1.54, 1.807) is 24.3 Å². The summed E-state index contributed by atoms with van der Waals surface area (Å²) in [5.74, 6) is 0.796. The van der Waals surface area contributed by atoms with Crippen LogP contribution in [-0.2, 0) is 17.5 Å². The highest BCUT2D eigenvalue weighted by molar-refractivity contribution is 5.77. The molecule has 0 bridgehead atoms. The fourth-order valence-electron chi connectivity index (χ4n) is 2.11. The average Bonchev–Trinajstić information content (AvgIpc) is 2.63. The molecule has 0 saturated carbocycles. The molecule has 0 spiro atoms. The quantitative estimate of drug-likeness (QED) is 0.761. The lowest BCUT2D eigenvalue weighted by molar-refractivity contribution is -0.137. The summed E-state index contributed by atoms with van der Waals surface area (Å²) in [6, 6.07) is 11.7. The Morgan fingerprint density at radius 3 is 2.31 bits per heavy atom. The van der Waals surface area contributed by atoms with Crippen molar-refractivity contribution in [1.29, 1.82) is 0 Å². The number of amides is 1. The van der Waals surface area contributed by atoms with Gasteiger partial charge in [0.2, 0.25) is 0 Å². The molecule has 140 valence electrons. The second-order valence-corrected chi connectivity index (χ2v) is 5.58. The van der Waals surface area contributed by atoms with Crippen molar-refractivity contribution in [3.63, 3.8) is 0 Å². The van der Waals surface area contributed by atoms with E-state index >= 15 is 0 Å². The first-order chi connectivity index (χ1) is 12.4. The first-order valence-corrected chi connectivity index (χ1v) is 8.17. The summed E-state index contributed by atoms with van der Waals surface area (Å²) < 4.78 is 48.8. The lowest BCUT2D eigenvalue weighted by atomic mass is 10.1. The first kappa shape index (κ1) is 19.6. The van der Waals surface area contributed by atoms with Crippen molar-refractivity contribution < 1.29 is 27.4 Å². The van der Waals surface area contributed by atoms with Gasteiger partial charge in [0, 0.05) is 6.54 Å². The molecule has 0 aliphatic carbocycles. The van der Waals surface area contributed by atoms with Crippen molar-refractivity contribution in [2.24, 2.45) is 0 Å². The van der Waals surface area contributed by atoms with Crippen LogP contribution in [-0.4, -0.2) is 19.1 Å². The van der Waals surface area contributed by atoms with Crippen molar-refractivity contribution >= 4 is 5.91 Å². The van der Waals surface area contributed by atoms with E-state index < -0.39 is 17.6 Å². The molecule has 0 unspecified atom stereocenters. The predicted octanol–water partition coefficient (Wildman–Crippen LogP) is 4.19. The maximum Gasteiger partial charge on any atom is 0.416 e. The first-order valence-electron chi connectivity index (χ1n) is 8.17. The highest BCUT2D eigenvalue weighted by atomic mass is 19.4. The van der Waals surface area contributed by atoms with Gasteiger partial charge in [0.15, 0.2) is 6.61 Å². The van der Waals surface area contributed by atoms with Gasteiger partial charge in [-0.2, -0.15) is 13.2 Å². The second-order valence-electron chi connectivity index (χ2n) is 5.58. The van der Waals surface area contributed by atoms with Crippen LogP contribution in [0.1, 0.15) is 24.5 Å². The number of nitrogens with one attached hydrogen (secondary N) is 1. The molecule has 1 amide bonds. The Kier molecular flexibility index (Phi) is 6.89. The number of rotatable bonds is 8. The van der Waals surface area contributed by atoms with Gasteiger partial charge in [-0.3, -0.25) is 4.79 Å². The lowest BCUT2D eigenvalue weighted by Gasteiger charge is -2.10. The molecule has 0 atom stereocenters. The van der Waals surface area contributed by atoms with Crippen molar-refractivity contribution in [3.8, 4) is 11.5 Å². The third-order valence-electron chi connectivity index (χ3n) is 3.41. The van der Waals surface area contributed by atoms with Gasteiger partial charge in [-0.15, -0.1) is 0 Å². The minimum Gasteiger partial charge on any atom is -0.494 e. The topological polar surface area (TPSA) is 47.6 Å². The van der Waals surface area contributed by atoms with Crippen molar-refractivity contribution in [3.05, 3.63) is 59.7 Å². The molecular weight excluding hydrogens is 347 g/mol. The summed E-state index contributed by atoms with van der Waals surface area (Å²) in [5, 5.41) is 2.53. The van der Waals surface area contributed by atoms with E-state index in [0.717, 1.165) is 18.6 Å². The molecule has 2 aromatic carbocycles. The zero-order chi connectivity index (χ0) is 19.0. The molecule has 2 rings (SSSR count). The number of carbonyl (C=O) groups is 1. The van der Waals surface area contributed by atoms with Crippen LogP contribution < -0.4 is 14.8 Å². The number of ether oxygens (including phenoxy) is 2. The van der Waals surface area contributed by atoms with Crippen LogP contribution in [0.3, 0.4) is 0 Å². The zero-order valence-corrected chi connectivity index (χ0v) is 14.3. The number of benzene rings is 2. The van der Waals surface area contributed by atoms with E-state index in [0.29, 0.717) is 23.7 Å². The van der Waals surface area contributed by atoms with E-state index in [2.05, 4.69) is 5.32 Å². The summed E-state index contributed by atoms with van der Waals surface area (Å²) in [4.78, 5) is 11.8. The Hall–Kier alpha value is -2.70. The lowest BCUT2D eigenvalue weighted by Crippen LogP contribution is -2.28. The molecule has 0 fully saturated rings. The smallest absolute Gasteiger partial charge is 0.416 e. The summed E-state index contributed by atoms with van der Waals surface area (Å²) >= 11 is 0. The molecule has 4 nitrogen and oxygen atoms in total. The maximum absolute atomic E-state index is 12.7. The monoisotopic (exact) mass is 367 g/mol. The van der Waals surface area contributed by atoms with Crippen molar-refractivity contribution in [2.75, 3.05) is 13.2 Å². The van der Waals surface area contributed by atoms with Gasteiger partial charge in [0.25, 0.3) is 5.91 Å². The van der Waals surface area contributed by atoms with Gasteiger partial charge >= 0.3 is 6.18 Å². The Morgan fingerprint density at radius 1 is 1.04 bits per heavy atom. The van der Waals surface area contributed by atoms with E-state index in [9.17, 15) is 18.0 Å². The number of carbonyl (C=O) groups excluding carboxylic acids is 1. The van der Waals surface area contributed by atoms with Crippen LogP contribution in [0, 0.1) is 0 Å². The van der Waals surface area contributed by atoms with Crippen LogP contribution in [0.15, 0.2) is 48.5 Å². The van der Waals surface area contributed by atoms with Crippen LogP contribution in [0.25, 0.3) is 0 Å². The third-order valence-corrected chi connectivity index (χ3v) is 3.41. The highest BCUT2D eigenvalue weighted by Gasteiger charge is 2.30. The molecule has 2 aromatic rings.